The van der Waals surface area contributed by atoms with Crippen LogP contribution in [0.5, 0.6) is 5.75 Å². The zero-order valence-electron chi connectivity index (χ0n) is 11.5. The van der Waals surface area contributed by atoms with Gasteiger partial charge in [-0.15, -0.1) is 0 Å². The van der Waals surface area contributed by atoms with Crippen LogP contribution in [-0.2, 0) is 0 Å². The van der Waals surface area contributed by atoms with Crippen molar-refractivity contribution in [3.05, 3.63) is 46.1 Å². The third-order valence-electron chi connectivity index (χ3n) is 2.87. The van der Waals surface area contributed by atoms with E-state index in [1.165, 1.54) is 0 Å². The summed E-state index contributed by atoms with van der Waals surface area (Å²) in [6.45, 7) is 3.78. The fourth-order valence-electron chi connectivity index (χ4n) is 1.95. The number of pyridine rings is 1. The molecular formula is C15H14ClN3O. The predicted molar refractivity (Wildman–Crippen MR) is 79.7 cm³/mol. The largest absolute Gasteiger partial charge is 0.495 e. The number of nitrogens with zero attached hydrogens (tertiary/aromatic N) is 2. The number of nitrogens with one attached hydrogen (secondary N) is 1. The second-order valence-electron chi connectivity index (χ2n) is 4.39. The van der Waals surface area contributed by atoms with E-state index >= 15 is 0 Å². The topological polar surface area (TPSA) is 57.9 Å². The minimum absolute atomic E-state index is 0.500. The maximum atomic E-state index is 9.23. The summed E-state index contributed by atoms with van der Waals surface area (Å²) in [6.07, 6.45) is 0. The minimum atomic E-state index is 0.500. The number of ether oxygens (including phenoxy) is 1. The van der Waals surface area contributed by atoms with Gasteiger partial charge in [0.15, 0.2) is 0 Å². The van der Waals surface area contributed by atoms with E-state index in [1.54, 1.807) is 19.2 Å². The molecule has 1 aromatic carbocycles. The first-order chi connectivity index (χ1) is 9.55. The molecule has 2 aromatic rings. The smallest absolute Gasteiger partial charge is 0.148 e. The maximum absolute atomic E-state index is 9.23. The van der Waals surface area contributed by atoms with Gasteiger partial charge in [0.05, 0.1) is 17.7 Å². The minimum Gasteiger partial charge on any atom is -0.495 e. The molecule has 0 aliphatic heterocycles. The molecule has 0 bridgehead atoms. The molecule has 1 heterocycles. The Labute approximate surface area is 123 Å². The lowest BCUT2D eigenvalue weighted by Gasteiger charge is -2.11. The van der Waals surface area contributed by atoms with Gasteiger partial charge in [-0.3, -0.25) is 0 Å². The van der Waals surface area contributed by atoms with Crippen molar-refractivity contribution in [3.63, 3.8) is 0 Å². The molecule has 5 heteroatoms. The molecule has 1 aromatic heterocycles. The lowest BCUT2D eigenvalue weighted by molar-refractivity contribution is 0.415. The van der Waals surface area contributed by atoms with Crippen LogP contribution < -0.4 is 10.1 Å². The zero-order valence-corrected chi connectivity index (χ0v) is 12.2. The highest BCUT2D eigenvalue weighted by molar-refractivity contribution is 6.32. The van der Waals surface area contributed by atoms with Crippen LogP contribution in [0.1, 0.15) is 16.8 Å². The van der Waals surface area contributed by atoms with Crippen molar-refractivity contribution in [2.24, 2.45) is 0 Å². The molecule has 0 spiro atoms. The van der Waals surface area contributed by atoms with Gasteiger partial charge >= 0.3 is 0 Å². The molecule has 102 valence electrons. The van der Waals surface area contributed by atoms with Crippen molar-refractivity contribution in [3.8, 4) is 11.8 Å². The first-order valence-electron chi connectivity index (χ1n) is 6.04. The number of rotatable bonds is 3. The summed E-state index contributed by atoms with van der Waals surface area (Å²) in [7, 11) is 1.56. The van der Waals surface area contributed by atoms with E-state index in [0.29, 0.717) is 22.2 Å². The van der Waals surface area contributed by atoms with Crippen LogP contribution in [0, 0.1) is 25.2 Å². The zero-order chi connectivity index (χ0) is 14.7. The highest BCUT2D eigenvalue weighted by atomic mass is 35.5. The highest BCUT2D eigenvalue weighted by Gasteiger charge is 2.09. The number of halogens is 1. The Kier molecular flexibility index (Phi) is 4.11. The van der Waals surface area contributed by atoms with Crippen molar-refractivity contribution >= 4 is 23.1 Å². The van der Waals surface area contributed by atoms with Crippen LogP contribution in [0.3, 0.4) is 0 Å². The van der Waals surface area contributed by atoms with Gasteiger partial charge in [0.25, 0.3) is 0 Å². The van der Waals surface area contributed by atoms with Gasteiger partial charge in [-0.05, 0) is 43.7 Å². The van der Waals surface area contributed by atoms with Gasteiger partial charge < -0.3 is 10.1 Å². The number of nitriles is 1. The number of hydrogen-bond acceptors (Lipinski definition) is 4. The number of anilines is 2. The average molecular weight is 288 g/mol. The SMILES string of the molecule is COc1ccc(Nc2nc(C)cc(C)c2C#N)cc1Cl. The first-order valence-corrected chi connectivity index (χ1v) is 6.42. The molecule has 1 N–H and O–H groups in total. The number of hydrogen-bond donors (Lipinski definition) is 1. The van der Waals surface area contributed by atoms with Crippen molar-refractivity contribution in [1.82, 2.24) is 4.98 Å². The van der Waals surface area contributed by atoms with Gasteiger partial charge in [0.2, 0.25) is 0 Å². The summed E-state index contributed by atoms with van der Waals surface area (Å²) in [6, 6.07) is 9.37. The maximum Gasteiger partial charge on any atom is 0.148 e. The van der Waals surface area contributed by atoms with E-state index in [2.05, 4.69) is 16.4 Å². The first kappa shape index (κ1) is 14.2. The molecule has 0 unspecified atom stereocenters. The summed E-state index contributed by atoms with van der Waals surface area (Å²) in [5.41, 5.74) is 3.03. The number of methoxy groups -OCH3 is 1. The van der Waals surface area contributed by atoms with Gasteiger partial charge in [0, 0.05) is 11.4 Å². The molecule has 0 amide bonds. The fraction of sp³-hybridized carbons (Fsp3) is 0.200. The second kappa shape index (κ2) is 5.81. The molecule has 0 aliphatic carbocycles. The van der Waals surface area contributed by atoms with Crippen LogP contribution in [0.25, 0.3) is 0 Å². The molecule has 0 atom stereocenters. The van der Waals surface area contributed by atoms with E-state index in [-0.39, 0.29) is 0 Å². The quantitative estimate of drug-likeness (QED) is 0.928. The predicted octanol–water partition coefficient (Wildman–Crippen LogP) is 3.98. The molecule has 0 fully saturated rings. The number of benzene rings is 1. The van der Waals surface area contributed by atoms with Crippen LogP contribution in [0.4, 0.5) is 11.5 Å². The number of aryl methyl sites for hydroxylation is 2. The lowest BCUT2D eigenvalue weighted by Crippen LogP contribution is -2.01. The molecule has 0 saturated carbocycles. The Hall–Kier alpha value is -2.25. The normalized spacial score (nSPS) is 9.95. The monoisotopic (exact) mass is 287 g/mol. The van der Waals surface area contributed by atoms with E-state index in [4.69, 9.17) is 16.3 Å². The lowest BCUT2D eigenvalue weighted by atomic mass is 10.1. The van der Waals surface area contributed by atoms with Crippen LogP contribution >= 0.6 is 11.6 Å². The molecule has 0 radical (unpaired) electrons. The molecule has 0 aliphatic rings. The van der Waals surface area contributed by atoms with E-state index in [9.17, 15) is 5.26 Å². The summed E-state index contributed by atoms with van der Waals surface area (Å²) < 4.78 is 5.11. The summed E-state index contributed by atoms with van der Waals surface area (Å²) in [4.78, 5) is 4.36. The Morgan fingerprint density at radius 2 is 2.05 bits per heavy atom. The van der Waals surface area contributed by atoms with Crippen molar-refractivity contribution in [2.45, 2.75) is 13.8 Å². The van der Waals surface area contributed by atoms with Crippen molar-refractivity contribution in [1.29, 1.82) is 5.26 Å². The van der Waals surface area contributed by atoms with Gasteiger partial charge in [0.1, 0.15) is 17.6 Å². The molecule has 20 heavy (non-hydrogen) atoms. The third kappa shape index (κ3) is 2.84. The molecular weight excluding hydrogens is 274 g/mol. The standard InChI is InChI=1S/C15H14ClN3O/c1-9-6-10(2)18-15(12(9)8-17)19-11-4-5-14(20-3)13(16)7-11/h4-7H,1-3H3,(H,18,19). The van der Waals surface area contributed by atoms with Crippen LogP contribution in [-0.4, -0.2) is 12.1 Å². The van der Waals surface area contributed by atoms with E-state index in [1.807, 2.05) is 26.0 Å². The molecule has 2 rings (SSSR count). The summed E-state index contributed by atoms with van der Waals surface area (Å²) in [5, 5.41) is 12.9. The number of aromatic nitrogens is 1. The molecule has 0 saturated heterocycles. The van der Waals surface area contributed by atoms with Crippen LogP contribution in [0.15, 0.2) is 24.3 Å². The average Bonchev–Trinajstić information content (AvgIpc) is 2.38. The Bertz CT molecular complexity index is 692. The van der Waals surface area contributed by atoms with E-state index in [0.717, 1.165) is 16.9 Å². The highest BCUT2D eigenvalue weighted by Crippen LogP contribution is 2.29. The third-order valence-corrected chi connectivity index (χ3v) is 3.17. The van der Waals surface area contributed by atoms with Gasteiger partial charge in [-0.1, -0.05) is 11.6 Å². The fourth-order valence-corrected chi connectivity index (χ4v) is 2.21. The van der Waals surface area contributed by atoms with Gasteiger partial charge in [-0.2, -0.15) is 5.26 Å². The Morgan fingerprint density at radius 3 is 2.65 bits per heavy atom. The molecule has 4 nitrogen and oxygen atoms in total. The van der Waals surface area contributed by atoms with Gasteiger partial charge in [-0.25, -0.2) is 4.98 Å². The second-order valence-corrected chi connectivity index (χ2v) is 4.80. The van der Waals surface area contributed by atoms with Crippen LogP contribution in [0.2, 0.25) is 5.02 Å². The van der Waals surface area contributed by atoms with E-state index < -0.39 is 0 Å². The summed E-state index contributed by atoms with van der Waals surface area (Å²) in [5.74, 6) is 1.14. The van der Waals surface area contributed by atoms with Crippen molar-refractivity contribution < 1.29 is 4.74 Å². The Morgan fingerprint density at radius 1 is 1.30 bits per heavy atom. The Balaban J connectivity index is 2.40. The van der Waals surface area contributed by atoms with Crippen molar-refractivity contribution in [2.75, 3.05) is 12.4 Å². The summed E-state index contributed by atoms with van der Waals surface area (Å²) >= 11 is 6.08.